The Labute approximate surface area is 155 Å². The molecule has 140 valence electrons. The Kier molecular flexibility index (Phi) is 4.98. The van der Waals surface area contributed by atoms with E-state index >= 15 is 0 Å². The van der Waals surface area contributed by atoms with Crippen molar-refractivity contribution in [3.63, 3.8) is 0 Å². The number of hydrogen-bond acceptors (Lipinski definition) is 3. The first-order valence-electron chi connectivity index (χ1n) is 10.0. The molecule has 3 fully saturated rings. The molecule has 2 atom stereocenters. The summed E-state index contributed by atoms with van der Waals surface area (Å²) in [5, 5.41) is 6.78. The number of amides is 2. The van der Waals surface area contributed by atoms with Gasteiger partial charge in [0.2, 0.25) is 5.91 Å². The lowest BCUT2D eigenvalue weighted by atomic mass is 9.67. The summed E-state index contributed by atoms with van der Waals surface area (Å²) < 4.78 is 0. The number of carbonyl (C=O) groups excluding carboxylic acids is 2. The van der Waals surface area contributed by atoms with Crippen molar-refractivity contribution < 1.29 is 9.59 Å². The first kappa shape index (κ1) is 17.5. The molecule has 3 aliphatic rings. The van der Waals surface area contributed by atoms with Crippen molar-refractivity contribution in [3.8, 4) is 0 Å². The Hall–Kier alpha value is -1.88. The van der Waals surface area contributed by atoms with Crippen LogP contribution in [-0.2, 0) is 4.79 Å². The molecule has 0 unspecified atom stereocenters. The average Bonchev–Trinajstić information content (AvgIpc) is 3.14. The van der Waals surface area contributed by atoms with E-state index in [2.05, 4.69) is 10.6 Å². The fraction of sp³-hybridized carbons (Fsp3) is 0.619. The van der Waals surface area contributed by atoms with Crippen molar-refractivity contribution >= 4 is 11.8 Å². The van der Waals surface area contributed by atoms with Crippen molar-refractivity contribution in [2.75, 3.05) is 26.2 Å². The van der Waals surface area contributed by atoms with Gasteiger partial charge < -0.3 is 15.5 Å². The van der Waals surface area contributed by atoms with Gasteiger partial charge in [-0.15, -0.1) is 0 Å². The molecule has 0 bridgehead atoms. The molecule has 2 saturated heterocycles. The molecule has 5 nitrogen and oxygen atoms in total. The highest BCUT2D eigenvalue weighted by atomic mass is 16.2. The van der Waals surface area contributed by atoms with Crippen LogP contribution in [0.15, 0.2) is 30.3 Å². The van der Waals surface area contributed by atoms with Gasteiger partial charge in [-0.3, -0.25) is 9.59 Å². The lowest BCUT2D eigenvalue weighted by Crippen LogP contribution is -2.53. The number of rotatable bonds is 3. The molecule has 1 aromatic rings. The van der Waals surface area contributed by atoms with E-state index in [-0.39, 0.29) is 23.3 Å². The normalized spacial score (nSPS) is 29.2. The van der Waals surface area contributed by atoms with Crippen molar-refractivity contribution in [2.45, 2.75) is 44.6 Å². The molecule has 4 rings (SSSR count). The summed E-state index contributed by atoms with van der Waals surface area (Å²) >= 11 is 0. The van der Waals surface area contributed by atoms with E-state index in [1.807, 2.05) is 35.2 Å². The van der Waals surface area contributed by atoms with Crippen LogP contribution in [0.2, 0.25) is 0 Å². The van der Waals surface area contributed by atoms with E-state index in [1.54, 1.807) is 0 Å². The van der Waals surface area contributed by atoms with Crippen LogP contribution in [0.3, 0.4) is 0 Å². The number of carbonyl (C=O) groups is 2. The molecule has 2 amide bonds. The van der Waals surface area contributed by atoms with Gasteiger partial charge in [0, 0.05) is 31.2 Å². The average molecular weight is 355 g/mol. The topological polar surface area (TPSA) is 61.4 Å². The van der Waals surface area contributed by atoms with Gasteiger partial charge in [-0.05, 0) is 50.3 Å². The number of nitrogens with zero attached hydrogens (tertiary/aromatic N) is 1. The van der Waals surface area contributed by atoms with Crippen molar-refractivity contribution in [3.05, 3.63) is 35.9 Å². The van der Waals surface area contributed by atoms with Crippen molar-refractivity contribution in [1.82, 2.24) is 15.5 Å². The lowest BCUT2D eigenvalue weighted by Gasteiger charge is -2.39. The minimum atomic E-state index is -0.185. The molecular weight excluding hydrogens is 326 g/mol. The Morgan fingerprint density at radius 1 is 1.08 bits per heavy atom. The van der Waals surface area contributed by atoms with E-state index in [0.717, 1.165) is 44.3 Å². The summed E-state index contributed by atoms with van der Waals surface area (Å²) in [6.07, 6.45) is 6.29. The van der Waals surface area contributed by atoms with E-state index in [4.69, 9.17) is 0 Å². The third-order valence-electron chi connectivity index (χ3n) is 6.63. The summed E-state index contributed by atoms with van der Waals surface area (Å²) in [6.45, 7) is 3.24. The SMILES string of the molecule is O=C(c1ccccc1)N1CCC(NC(=O)[C@@]23CCCC[C@H]2CNC3)CC1. The number of fused-ring (bicyclic) bond motifs is 1. The van der Waals surface area contributed by atoms with Gasteiger partial charge >= 0.3 is 0 Å². The fourth-order valence-electron chi connectivity index (χ4n) is 5.01. The van der Waals surface area contributed by atoms with Crippen molar-refractivity contribution in [1.29, 1.82) is 0 Å². The molecule has 0 aromatic heterocycles. The van der Waals surface area contributed by atoms with Gasteiger partial charge in [-0.1, -0.05) is 31.0 Å². The Morgan fingerprint density at radius 2 is 1.85 bits per heavy atom. The predicted molar refractivity (Wildman–Crippen MR) is 101 cm³/mol. The second-order valence-electron chi connectivity index (χ2n) is 8.14. The second kappa shape index (κ2) is 7.39. The van der Waals surface area contributed by atoms with Crippen LogP contribution in [0, 0.1) is 11.3 Å². The van der Waals surface area contributed by atoms with Gasteiger partial charge in [0.15, 0.2) is 0 Å². The molecule has 2 aliphatic heterocycles. The van der Waals surface area contributed by atoms with Gasteiger partial charge in [0.1, 0.15) is 0 Å². The van der Waals surface area contributed by atoms with Gasteiger partial charge in [-0.25, -0.2) is 0 Å². The van der Waals surface area contributed by atoms with Crippen LogP contribution in [-0.4, -0.2) is 48.9 Å². The highest BCUT2D eigenvalue weighted by molar-refractivity contribution is 5.94. The molecule has 26 heavy (non-hydrogen) atoms. The molecule has 1 aromatic carbocycles. The summed E-state index contributed by atoms with van der Waals surface area (Å²) in [4.78, 5) is 27.5. The van der Waals surface area contributed by atoms with E-state index in [0.29, 0.717) is 19.0 Å². The van der Waals surface area contributed by atoms with E-state index < -0.39 is 0 Å². The third-order valence-corrected chi connectivity index (χ3v) is 6.63. The largest absolute Gasteiger partial charge is 0.353 e. The van der Waals surface area contributed by atoms with E-state index in [9.17, 15) is 9.59 Å². The zero-order valence-corrected chi connectivity index (χ0v) is 15.4. The number of hydrogen-bond donors (Lipinski definition) is 2. The zero-order chi connectivity index (χ0) is 18.0. The summed E-state index contributed by atoms with van der Waals surface area (Å²) in [6, 6.07) is 9.65. The maximum absolute atomic E-state index is 13.1. The number of piperidine rings is 1. The number of nitrogens with one attached hydrogen (secondary N) is 2. The zero-order valence-electron chi connectivity index (χ0n) is 15.4. The van der Waals surface area contributed by atoms with Crippen LogP contribution < -0.4 is 10.6 Å². The van der Waals surface area contributed by atoms with Gasteiger partial charge in [0.05, 0.1) is 5.41 Å². The standard InChI is InChI=1S/C21H29N3O2/c25-19(16-6-2-1-3-7-16)24-12-9-18(10-13-24)23-20(26)21-11-5-4-8-17(21)14-22-15-21/h1-3,6-7,17-18,22H,4-5,8-15H2,(H,23,26)/t17-,21+/m0/s1. The van der Waals surface area contributed by atoms with Crippen molar-refractivity contribution in [2.24, 2.45) is 11.3 Å². The summed E-state index contributed by atoms with van der Waals surface area (Å²) in [5.41, 5.74) is 0.561. The maximum Gasteiger partial charge on any atom is 0.253 e. The molecule has 0 spiro atoms. The molecule has 2 heterocycles. The fourth-order valence-corrected chi connectivity index (χ4v) is 5.01. The van der Waals surface area contributed by atoms with Crippen LogP contribution in [0.5, 0.6) is 0 Å². The molecule has 5 heteroatoms. The monoisotopic (exact) mass is 355 g/mol. The first-order chi connectivity index (χ1) is 12.7. The first-order valence-corrected chi connectivity index (χ1v) is 10.0. The Balaban J connectivity index is 1.32. The van der Waals surface area contributed by atoms with Crippen LogP contribution in [0.4, 0.5) is 0 Å². The third kappa shape index (κ3) is 3.25. The Morgan fingerprint density at radius 3 is 2.62 bits per heavy atom. The predicted octanol–water partition coefficient (Wildman–Crippen LogP) is 2.19. The summed E-state index contributed by atoms with van der Waals surface area (Å²) in [7, 11) is 0. The quantitative estimate of drug-likeness (QED) is 0.874. The highest BCUT2D eigenvalue weighted by Crippen LogP contribution is 2.44. The molecule has 1 aliphatic carbocycles. The van der Waals surface area contributed by atoms with Crippen LogP contribution in [0.25, 0.3) is 0 Å². The summed E-state index contributed by atoms with van der Waals surface area (Å²) in [5.74, 6) is 0.845. The van der Waals surface area contributed by atoms with Gasteiger partial charge in [-0.2, -0.15) is 0 Å². The second-order valence-corrected chi connectivity index (χ2v) is 8.14. The molecular formula is C21H29N3O2. The highest BCUT2D eigenvalue weighted by Gasteiger charge is 2.50. The number of benzene rings is 1. The van der Waals surface area contributed by atoms with Crippen LogP contribution in [0.1, 0.15) is 48.9 Å². The molecule has 1 saturated carbocycles. The Bertz CT molecular complexity index is 654. The molecule has 0 radical (unpaired) electrons. The van der Waals surface area contributed by atoms with Crippen LogP contribution >= 0.6 is 0 Å². The van der Waals surface area contributed by atoms with E-state index in [1.165, 1.54) is 12.8 Å². The number of likely N-dealkylation sites (tertiary alicyclic amines) is 1. The lowest BCUT2D eigenvalue weighted by molar-refractivity contribution is -0.135. The molecule has 2 N–H and O–H groups in total. The maximum atomic E-state index is 13.1. The van der Waals surface area contributed by atoms with Gasteiger partial charge in [0.25, 0.3) is 5.91 Å². The smallest absolute Gasteiger partial charge is 0.253 e. The minimum absolute atomic E-state index is 0.0984. The minimum Gasteiger partial charge on any atom is -0.353 e.